The van der Waals surface area contributed by atoms with E-state index in [4.69, 9.17) is 28.2 Å². The van der Waals surface area contributed by atoms with Crippen LogP contribution in [-0.4, -0.2) is 9.97 Å². The molecule has 0 radical (unpaired) electrons. The van der Waals surface area contributed by atoms with Gasteiger partial charge in [0.2, 0.25) is 0 Å². The summed E-state index contributed by atoms with van der Waals surface area (Å²) in [4.78, 5) is 20.6. The molecule has 5 rings (SSSR count). The van der Waals surface area contributed by atoms with Gasteiger partial charge in [-0.3, -0.25) is 4.79 Å². The molecule has 150 valence electrons. The SMILES string of the molecule is O=c1[nH]cc(-c2cc(Cl)cc(Cl)c2)c2nc(-c3ccccc3)c(-c3ccccc3)cc12. The van der Waals surface area contributed by atoms with E-state index in [2.05, 4.69) is 4.98 Å². The fourth-order valence-corrected chi connectivity index (χ4v) is 4.28. The van der Waals surface area contributed by atoms with Crippen molar-refractivity contribution in [2.24, 2.45) is 0 Å². The zero-order chi connectivity index (χ0) is 21.4. The number of hydrogen-bond donors (Lipinski definition) is 1. The quantitative estimate of drug-likeness (QED) is 0.320. The summed E-state index contributed by atoms with van der Waals surface area (Å²) in [5.74, 6) is 0. The van der Waals surface area contributed by atoms with Crippen LogP contribution >= 0.6 is 23.2 Å². The Morgan fingerprint density at radius 2 is 1.29 bits per heavy atom. The molecule has 3 aromatic carbocycles. The van der Waals surface area contributed by atoms with Crippen LogP contribution in [0.1, 0.15) is 0 Å². The molecule has 0 bridgehead atoms. The molecule has 2 heterocycles. The molecule has 0 amide bonds. The van der Waals surface area contributed by atoms with Gasteiger partial charge in [0.25, 0.3) is 5.56 Å². The third kappa shape index (κ3) is 3.74. The summed E-state index contributed by atoms with van der Waals surface area (Å²) in [5.41, 5.74) is 5.61. The zero-order valence-electron chi connectivity index (χ0n) is 16.3. The van der Waals surface area contributed by atoms with E-state index in [0.29, 0.717) is 20.9 Å². The van der Waals surface area contributed by atoms with Gasteiger partial charge >= 0.3 is 0 Å². The molecular weight excluding hydrogens is 427 g/mol. The molecule has 0 fully saturated rings. The highest BCUT2D eigenvalue weighted by atomic mass is 35.5. The molecule has 0 saturated carbocycles. The molecule has 0 unspecified atom stereocenters. The third-order valence-electron chi connectivity index (χ3n) is 5.18. The highest BCUT2D eigenvalue weighted by Crippen LogP contribution is 2.36. The lowest BCUT2D eigenvalue weighted by Crippen LogP contribution is -2.08. The number of aromatic nitrogens is 2. The summed E-state index contributed by atoms with van der Waals surface area (Å²) in [7, 11) is 0. The van der Waals surface area contributed by atoms with Crippen molar-refractivity contribution >= 4 is 34.1 Å². The van der Waals surface area contributed by atoms with Crippen LogP contribution in [0.2, 0.25) is 10.0 Å². The topological polar surface area (TPSA) is 45.8 Å². The number of pyridine rings is 2. The predicted molar refractivity (Wildman–Crippen MR) is 129 cm³/mol. The standard InChI is InChI=1S/C26H16Cl2N2O/c27-19-11-18(12-20(28)13-19)23-15-29-26(31)22-14-21(16-7-3-1-4-8-16)24(30-25(22)23)17-9-5-2-6-10-17/h1-15H,(H,29,31). The lowest BCUT2D eigenvalue weighted by atomic mass is 9.96. The molecule has 1 N–H and O–H groups in total. The van der Waals surface area contributed by atoms with Crippen LogP contribution < -0.4 is 5.56 Å². The van der Waals surface area contributed by atoms with Gasteiger partial charge in [0.15, 0.2) is 0 Å². The first-order chi connectivity index (χ1) is 15.1. The number of rotatable bonds is 3. The van der Waals surface area contributed by atoms with Gasteiger partial charge in [-0.15, -0.1) is 0 Å². The Balaban J connectivity index is 1.88. The van der Waals surface area contributed by atoms with Gasteiger partial charge in [0.05, 0.1) is 16.6 Å². The molecule has 2 aromatic heterocycles. The summed E-state index contributed by atoms with van der Waals surface area (Å²) in [6.45, 7) is 0. The minimum absolute atomic E-state index is 0.198. The summed E-state index contributed by atoms with van der Waals surface area (Å²) in [6.07, 6.45) is 1.66. The van der Waals surface area contributed by atoms with Gasteiger partial charge in [0, 0.05) is 32.9 Å². The first-order valence-electron chi connectivity index (χ1n) is 9.74. The van der Waals surface area contributed by atoms with Gasteiger partial charge in [0.1, 0.15) is 0 Å². The number of benzene rings is 3. The lowest BCUT2D eigenvalue weighted by Gasteiger charge is -2.14. The smallest absolute Gasteiger partial charge is 0.257 e. The first-order valence-corrected chi connectivity index (χ1v) is 10.5. The molecule has 0 aliphatic carbocycles. The number of H-pyrrole nitrogens is 1. The van der Waals surface area contributed by atoms with E-state index >= 15 is 0 Å². The second kappa shape index (κ2) is 8.03. The molecular formula is C26H16Cl2N2O. The summed E-state index contributed by atoms with van der Waals surface area (Å²) < 4.78 is 0. The molecule has 31 heavy (non-hydrogen) atoms. The van der Waals surface area contributed by atoms with Gasteiger partial charge in [-0.1, -0.05) is 83.9 Å². The highest BCUT2D eigenvalue weighted by molar-refractivity contribution is 6.35. The second-order valence-electron chi connectivity index (χ2n) is 7.20. The number of nitrogens with one attached hydrogen (secondary N) is 1. The van der Waals surface area contributed by atoms with Crippen molar-refractivity contribution in [3.8, 4) is 33.5 Å². The molecule has 0 saturated heterocycles. The monoisotopic (exact) mass is 442 g/mol. The van der Waals surface area contributed by atoms with Crippen LogP contribution in [0.25, 0.3) is 44.4 Å². The van der Waals surface area contributed by atoms with Gasteiger partial charge in [-0.2, -0.15) is 0 Å². The largest absolute Gasteiger partial charge is 0.328 e. The number of nitrogens with zero attached hydrogens (tertiary/aromatic N) is 1. The normalized spacial score (nSPS) is 11.0. The van der Waals surface area contributed by atoms with Crippen molar-refractivity contribution in [1.29, 1.82) is 0 Å². The molecule has 0 atom stereocenters. The fraction of sp³-hybridized carbons (Fsp3) is 0. The minimum Gasteiger partial charge on any atom is -0.328 e. The maximum Gasteiger partial charge on any atom is 0.257 e. The third-order valence-corrected chi connectivity index (χ3v) is 5.61. The molecule has 5 aromatic rings. The maximum absolute atomic E-state index is 12.8. The zero-order valence-corrected chi connectivity index (χ0v) is 17.8. The van der Waals surface area contributed by atoms with Crippen molar-refractivity contribution in [2.45, 2.75) is 0 Å². The second-order valence-corrected chi connectivity index (χ2v) is 8.08. The van der Waals surface area contributed by atoms with Crippen LogP contribution in [0.3, 0.4) is 0 Å². The van der Waals surface area contributed by atoms with E-state index in [1.807, 2.05) is 78.9 Å². The van der Waals surface area contributed by atoms with Gasteiger partial charge < -0.3 is 4.98 Å². The fourth-order valence-electron chi connectivity index (χ4n) is 3.76. The summed E-state index contributed by atoms with van der Waals surface area (Å²) >= 11 is 12.5. The minimum atomic E-state index is -0.198. The predicted octanol–water partition coefficient (Wildman–Crippen LogP) is 7.23. The van der Waals surface area contributed by atoms with Crippen LogP contribution in [0.15, 0.2) is 95.9 Å². The molecule has 0 aliphatic heterocycles. The van der Waals surface area contributed by atoms with Crippen LogP contribution in [0, 0.1) is 0 Å². The Morgan fingerprint density at radius 1 is 0.677 bits per heavy atom. The van der Waals surface area contributed by atoms with Crippen LogP contribution in [0.5, 0.6) is 0 Å². The molecule has 5 heteroatoms. The summed E-state index contributed by atoms with van der Waals surface area (Å²) in [5, 5.41) is 1.55. The van der Waals surface area contributed by atoms with Crippen LogP contribution in [-0.2, 0) is 0 Å². The summed E-state index contributed by atoms with van der Waals surface area (Å²) in [6, 6.07) is 27.1. The molecule has 0 aliphatic rings. The average molecular weight is 443 g/mol. The Kier molecular flexibility index (Phi) is 5.06. The van der Waals surface area contributed by atoms with Crippen molar-refractivity contribution in [2.75, 3.05) is 0 Å². The van der Waals surface area contributed by atoms with E-state index in [1.165, 1.54) is 0 Å². The molecule has 3 nitrogen and oxygen atoms in total. The van der Waals surface area contributed by atoms with Gasteiger partial charge in [-0.05, 0) is 35.4 Å². The Bertz CT molecular complexity index is 1440. The Morgan fingerprint density at radius 3 is 1.94 bits per heavy atom. The first kappa shape index (κ1) is 19.6. The lowest BCUT2D eigenvalue weighted by molar-refractivity contribution is 1.26. The average Bonchev–Trinajstić information content (AvgIpc) is 2.79. The van der Waals surface area contributed by atoms with E-state index in [0.717, 1.165) is 33.5 Å². The van der Waals surface area contributed by atoms with E-state index < -0.39 is 0 Å². The van der Waals surface area contributed by atoms with Crippen molar-refractivity contribution < 1.29 is 0 Å². The number of aromatic amines is 1. The highest BCUT2D eigenvalue weighted by Gasteiger charge is 2.16. The van der Waals surface area contributed by atoms with Crippen molar-refractivity contribution in [1.82, 2.24) is 9.97 Å². The van der Waals surface area contributed by atoms with Gasteiger partial charge in [-0.25, -0.2) is 4.98 Å². The number of fused-ring (bicyclic) bond motifs is 1. The van der Waals surface area contributed by atoms with Crippen molar-refractivity contribution in [3.05, 3.63) is 112 Å². The number of halogens is 2. The van der Waals surface area contributed by atoms with E-state index in [9.17, 15) is 4.79 Å². The molecule has 0 spiro atoms. The van der Waals surface area contributed by atoms with E-state index in [1.54, 1.807) is 12.3 Å². The Hall–Kier alpha value is -3.40. The van der Waals surface area contributed by atoms with E-state index in [-0.39, 0.29) is 5.56 Å². The van der Waals surface area contributed by atoms with Crippen molar-refractivity contribution in [3.63, 3.8) is 0 Å². The van der Waals surface area contributed by atoms with Crippen LogP contribution in [0.4, 0.5) is 0 Å². The maximum atomic E-state index is 12.8. The Labute approximate surface area is 188 Å². The number of hydrogen-bond acceptors (Lipinski definition) is 2.